The van der Waals surface area contributed by atoms with Crippen LogP contribution in [0.1, 0.15) is 12.5 Å². The SMILES string of the molecule is CCOC(=O)CSC1=NC(=Cc2ccccc2)C(=O)N1c1ccc(F)cc1. The Morgan fingerprint density at radius 3 is 2.56 bits per heavy atom. The van der Waals surface area contributed by atoms with Crippen LogP contribution < -0.4 is 4.90 Å². The number of halogens is 1. The third-order valence-electron chi connectivity index (χ3n) is 3.64. The molecule has 0 unspecified atom stereocenters. The highest BCUT2D eigenvalue weighted by Gasteiger charge is 2.32. The van der Waals surface area contributed by atoms with Crippen molar-refractivity contribution < 1.29 is 18.7 Å². The number of amidine groups is 1. The molecule has 2 aromatic carbocycles. The van der Waals surface area contributed by atoms with Crippen LogP contribution in [0, 0.1) is 5.82 Å². The molecule has 0 bridgehead atoms. The summed E-state index contributed by atoms with van der Waals surface area (Å²) in [6.45, 7) is 2.01. The molecule has 1 aliphatic heterocycles. The van der Waals surface area contributed by atoms with Crippen LogP contribution in [0.5, 0.6) is 0 Å². The van der Waals surface area contributed by atoms with Gasteiger partial charge in [0, 0.05) is 0 Å². The largest absolute Gasteiger partial charge is 0.465 e. The van der Waals surface area contributed by atoms with Crippen LogP contribution in [0.4, 0.5) is 10.1 Å². The van der Waals surface area contributed by atoms with Crippen LogP contribution in [0.3, 0.4) is 0 Å². The van der Waals surface area contributed by atoms with Gasteiger partial charge in [-0.25, -0.2) is 9.38 Å². The van der Waals surface area contributed by atoms with Crippen molar-refractivity contribution in [3.8, 4) is 0 Å². The maximum atomic E-state index is 13.3. The number of aliphatic imine (C=N–C) groups is 1. The first-order chi connectivity index (χ1) is 13.1. The smallest absolute Gasteiger partial charge is 0.316 e. The summed E-state index contributed by atoms with van der Waals surface area (Å²) in [4.78, 5) is 30.3. The highest BCUT2D eigenvalue weighted by Crippen LogP contribution is 2.29. The number of carbonyl (C=O) groups excluding carboxylic acids is 2. The monoisotopic (exact) mass is 384 g/mol. The fraction of sp³-hybridized carbons (Fsp3) is 0.150. The zero-order valence-corrected chi connectivity index (χ0v) is 15.4. The topological polar surface area (TPSA) is 59.0 Å². The minimum Gasteiger partial charge on any atom is -0.465 e. The molecule has 0 atom stereocenters. The molecule has 0 aromatic heterocycles. The summed E-state index contributed by atoms with van der Waals surface area (Å²) in [5.41, 5.74) is 1.56. The van der Waals surface area contributed by atoms with Gasteiger partial charge in [0.15, 0.2) is 5.17 Å². The van der Waals surface area contributed by atoms with Crippen molar-refractivity contribution in [2.45, 2.75) is 6.92 Å². The molecule has 0 N–H and O–H groups in total. The Kier molecular flexibility index (Phi) is 6.03. The Morgan fingerprint density at radius 2 is 1.89 bits per heavy atom. The van der Waals surface area contributed by atoms with Crippen molar-refractivity contribution >= 4 is 40.6 Å². The summed E-state index contributed by atoms with van der Waals surface area (Å²) in [7, 11) is 0. The molecule has 3 rings (SSSR count). The molecule has 0 saturated heterocycles. The molecule has 0 radical (unpaired) electrons. The van der Waals surface area contributed by atoms with Gasteiger partial charge in [0.05, 0.1) is 18.0 Å². The summed E-state index contributed by atoms with van der Waals surface area (Å²) in [6.07, 6.45) is 1.68. The maximum Gasteiger partial charge on any atom is 0.316 e. The van der Waals surface area contributed by atoms with E-state index in [9.17, 15) is 14.0 Å². The van der Waals surface area contributed by atoms with Crippen molar-refractivity contribution in [3.05, 3.63) is 71.7 Å². The Morgan fingerprint density at radius 1 is 1.19 bits per heavy atom. The molecule has 0 fully saturated rings. The number of esters is 1. The molecule has 27 heavy (non-hydrogen) atoms. The summed E-state index contributed by atoms with van der Waals surface area (Å²) >= 11 is 1.10. The van der Waals surface area contributed by atoms with Gasteiger partial charge >= 0.3 is 5.97 Å². The molecule has 0 aliphatic carbocycles. The number of rotatable bonds is 5. The number of ether oxygens (including phenoxy) is 1. The first kappa shape index (κ1) is 18.8. The Labute approximate surface area is 160 Å². The number of carbonyl (C=O) groups is 2. The lowest BCUT2D eigenvalue weighted by molar-refractivity contribution is -0.139. The van der Waals surface area contributed by atoms with Crippen molar-refractivity contribution in [1.82, 2.24) is 0 Å². The third kappa shape index (κ3) is 4.62. The van der Waals surface area contributed by atoms with E-state index in [1.807, 2.05) is 30.3 Å². The van der Waals surface area contributed by atoms with Crippen LogP contribution in [-0.4, -0.2) is 29.4 Å². The van der Waals surface area contributed by atoms with Gasteiger partial charge in [-0.05, 0) is 42.8 Å². The van der Waals surface area contributed by atoms with E-state index in [-0.39, 0.29) is 24.0 Å². The molecule has 1 aliphatic rings. The highest BCUT2D eigenvalue weighted by molar-refractivity contribution is 8.14. The first-order valence-corrected chi connectivity index (χ1v) is 9.31. The van der Waals surface area contributed by atoms with E-state index in [2.05, 4.69) is 4.99 Å². The van der Waals surface area contributed by atoms with E-state index in [0.29, 0.717) is 10.9 Å². The quantitative estimate of drug-likeness (QED) is 0.580. The van der Waals surface area contributed by atoms with Crippen LogP contribution >= 0.6 is 11.8 Å². The van der Waals surface area contributed by atoms with Crippen molar-refractivity contribution in [2.24, 2.45) is 4.99 Å². The standard InChI is InChI=1S/C20H17FN2O3S/c1-2-26-18(24)13-27-20-22-17(12-14-6-4-3-5-7-14)19(25)23(20)16-10-8-15(21)9-11-16/h3-12H,2,13H2,1H3. The van der Waals surface area contributed by atoms with E-state index < -0.39 is 11.8 Å². The van der Waals surface area contributed by atoms with Gasteiger partial charge in [0.2, 0.25) is 0 Å². The number of amides is 1. The lowest BCUT2D eigenvalue weighted by Crippen LogP contribution is -2.31. The number of hydrogen-bond donors (Lipinski definition) is 0. The second-order valence-corrected chi connectivity index (χ2v) is 6.49. The minimum atomic E-state index is -0.400. The maximum absolute atomic E-state index is 13.3. The van der Waals surface area contributed by atoms with E-state index in [0.717, 1.165) is 17.3 Å². The number of anilines is 1. The van der Waals surface area contributed by atoms with E-state index in [1.165, 1.54) is 29.2 Å². The predicted molar refractivity (Wildman–Crippen MR) is 105 cm³/mol. The number of hydrogen-bond acceptors (Lipinski definition) is 5. The molecule has 0 saturated carbocycles. The lowest BCUT2D eigenvalue weighted by atomic mass is 10.2. The van der Waals surface area contributed by atoms with Gasteiger partial charge in [-0.2, -0.15) is 0 Å². The van der Waals surface area contributed by atoms with Crippen molar-refractivity contribution in [1.29, 1.82) is 0 Å². The van der Waals surface area contributed by atoms with Gasteiger partial charge in [0.1, 0.15) is 11.5 Å². The average molecular weight is 384 g/mol. The minimum absolute atomic E-state index is 0.0241. The van der Waals surface area contributed by atoms with Gasteiger partial charge in [0.25, 0.3) is 5.91 Å². The Bertz CT molecular complexity index is 895. The Balaban J connectivity index is 1.91. The highest BCUT2D eigenvalue weighted by atomic mass is 32.2. The summed E-state index contributed by atoms with van der Waals surface area (Å²) in [6, 6.07) is 14.9. The molecule has 5 nitrogen and oxygen atoms in total. The van der Waals surface area contributed by atoms with Crippen LogP contribution in [-0.2, 0) is 14.3 Å². The van der Waals surface area contributed by atoms with Crippen LogP contribution in [0.2, 0.25) is 0 Å². The molecule has 2 aromatic rings. The fourth-order valence-electron chi connectivity index (χ4n) is 2.44. The predicted octanol–water partition coefficient (Wildman–Crippen LogP) is 3.87. The summed E-state index contributed by atoms with van der Waals surface area (Å²) < 4.78 is 18.2. The molecule has 1 heterocycles. The van der Waals surface area contributed by atoms with Gasteiger partial charge < -0.3 is 4.74 Å². The van der Waals surface area contributed by atoms with E-state index in [4.69, 9.17) is 4.74 Å². The van der Waals surface area contributed by atoms with Crippen LogP contribution in [0.15, 0.2) is 65.3 Å². The molecule has 138 valence electrons. The van der Waals surface area contributed by atoms with Gasteiger partial charge in [-0.3, -0.25) is 14.5 Å². The molecule has 1 amide bonds. The van der Waals surface area contributed by atoms with Crippen molar-refractivity contribution in [3.63, 3.8) is 0 Å². The fourth-order valence-corrected chi connectivity index (χ4v) is 3.25. The zero-order valence-electron chi connectivity index (χ0n) is 14.6. The number of nitrogens with zero attached hydrogens (tertiary/aromatic N) is 2. The third-order valence-corrected chi connectivity index (χ3v) is 4.55. The van der Waals surface area contributed by atoms with Crippen LogP contribution in [0.25, 0.3) is 6.08 Å². The second-order valence-electron chi connectivity index (χ2n) is 5.55. The average Bonchev–Trinajstić information content (AvgIpc) is 2.97. The normalized spacial score (nSPS) is 15.2. The lowest BCUT2D eigenvalue weighted by Gasteiger charge is -2.17. The van der Waals surface area contributed by atoms with E-state index in [1.54, 1.807) is 13.0 Å². The second kappa shape index (κ2) is 8.64. The zero-order chi connectivity index (χ0) is 19.2. The Hall–Kier alpha value is -2.93. The molecule has 0 spiro atoms. The van der Waals surface area contributed by atoms with Gasteiger partial charge in [-0.15, -0.1) is 0 Å². The number of thioether (sulfide) groups is 1. The van der Waals surface area contributed by atoms with E-state index >= 15 is 0 Å². The summed E-state index contributed by atoms with van der Waals surface area (Å²) in [5, 5.41) is 0.349. The van der Waals surface area contributed by atoms with Gasteiger partial charge in [-0.1, -0.05) is 42.1 Å². The van der Waals surface area contributed by atoms with Crippen molar-refractivity contribution in [2.75, 3.05) is 17.3 Å². The molecular weight excluding hydrogens is 367 g/mol. The molecular formula is C20H17FN2O3S. The number of benzene rings is 2. The summed E-state index contributed by atoms with van der Waals surface area (Å²) in [5.74, 6) is -1.10. The first-order valence-electron chi connectivity index (χ1n) is 8.32. The molecule has 7 heteroatoms.